The van der Waals surface area contributed by atoms with E-state index in [1.165, 1.54) is 30.6 Å². The molecule has 2 amide bonds. The molecule has 146 valence electrons. The number of halogens is 1. The van der Waals surface area contributed by atoms with Gasteiger partial charge in [-0.3, -0.25) is 19.5 Å². The van der Waals surface area contributed by atoms with E-state index < -0.39 is 0 Å². The van der Waals surface area contributed by atoms with E-state index >= 15 is 0 Å². The van der Waals surface area contributed by atoms with E-state index in [2.05, 4.69) is 36.4 Å². The topological polar surface area (TPSA) is 73.8 Å². The second kappa shape index (κ2) is 12.5. The van der Waals surface area contributed by atoms with E-state index in [-0.39, 0.29) is 41.2 Å². The largest absolute Gasteiger partial charge is 0.356 e. The fourth-order valence-corrected chi connectivity index (χ4v) is 2.82. The summed E-state index contributed by atoms with van der Waals surface area (Å²) in [6.07, 6.45) is 6.57. The first-order valence-corrected chi connectivity index (χ1v) is 9.17. The SMILES string of the molecule is CCCCCC(C)(C)CNC(=NC)NCCN1C(=O)CCCC1=O.I. The number of aliphatic imine (C=N–C) groups is 1. The number of rotatable bonds is 9. The zero-order valence-electron chi connectivity index (χ0n) is 16.2. The van der Waals surface area contributed by atoms with Gasteiger partial charge in [-0.1, -0.05) is 40.0 Å². The maximum atomic E-state index is 11.8. The van der Waals surface area contributed by atoms with Gasteiger partial charge in [0, 0.05) is 39.5 Å². The van der Waals surface area contributed by atoms with Crippen molar-refractivity contribution in [2.75, 3.05) is 26.7 Å². The van der Waals surface area contributed by atoms with Crippen molar-refractivity contribution in [3.05, 3.63) is 0 Å². The van der Waals surface area contributed by atoms with Crippen LogP contribution in [0.25, 0.3) is 0 Å². The van der Waals surface area contributed by atoms with Crippen LogP contribution in [0.3, 0.4) is 0 Å². The molecule has 0 aromatic heterocycles. The van der Waals surface area contributed by atoms with E-state index in [9.17, 15) is 9.59 Å². The first-order chi connectivity index (χ1) is 11.4. The number of guanidine groups is 1. The van der Waals surface area contributed by atoms with Crippen LogP contribution in [-0.4, -0.2) is 49.4 Å². The molecule has 0 bridgehead atoms. The highest BCUT2D eigenvalue weighted by atomic mass is 127. The zero-order valence-corrected chi connectivity index (χ0v) is 18.5. The predicted octanol–water partition coefficient (Wildman–Crippen LogP) is 2.92. The summed E-state index contributed by atoms with van der Waals surface area (Å²) >= 11 is 0. The molecular formula is C18H35IN4O2. The Kier molecular flexibility index (Phi) is 12.1. The van der Waals surface area contributed by atoms with Gasteiger partial charge in [0.1, 0.15) is 0 Å². The monoisotopic (exact) mass is 466 g/mol. The Morgan fingerprint density at radius 3 is 2.36 bits per heavy atom. The van der Waals surface area contributed by atoms with Gasteiger partial charge in [-0.2, -0.15) is 0 Å². The van der Waals surface area contributed by atoms with Crippen molar-refractivity contribution >= 4 is 41.8 Å². The molecule has 2 N–H and O–H groups in total. The number of unbranched alkanes of at least 4 members (excludes halogenated alkanes) is 2. The lowest BCUT2D eigenvalue weighted by Crippen LogP contribution is -2.47. The molecule has 0 atom stereocenters. The Bertz CT molecular complexity index is 436. The minimum atomic E-state index is -0.0620. The van der Waals surface area contributed by atoms with Crippen molar-refractivity contribution in [2.45, 2.75) is 65.7 Å². The molecule has 0 radical (unpaired) electrons. The number of hydrogen-bond acceptors (Lipinski definition) is 3. The Balaban J connectivity index is 0.00000576. The predicted molar refractivity (Wildman–Crippen MR) is 113 cm³/mol. The summed E-state index contributed by atoms with van der Waals surface area (Å²) in [5.41, 5.74) is 0.214. The third kappa shape index (κ3) is 9.42. The van der Waals surface area contributed by atoms with Crippen LogP contribution in [0.1, 0.15) is 65.7 Å². The van der Waals surface area contributed by atoms with Crippen molar-refractivity contribution in [2.24, 2.45) is 10.4 Å². The minimum Gasteiger partial charge on any atom is -0.356 e. The number of carbonyl (C=O) groups is 2. The highest BCUT2D eigenvalue weighted by Gasteiger charge is 2.25. The minimum absolute atomic E-state index is 0. The number of nitrogens with one attached hydrogen (secondary N) is 2. The molecule has 1 aliphatic heterocycles. The molecule has 0 aromatic carbocycles. The van der Waals surface area contributed by atoms with Crippen molar-refractivity contribution in [1.29, 1.82) is 0 Å². The molecule has 1 rings (SSSR count). The Morgan fingerprint density at radius 1 is 1.16 bits per heavy atom. The second-order valence-electron chi connectivity index (χ2n) is 7.27. The Morgan fingerprint density at radius 2 is 1.80 bits per heavy atom. The second-order valence-corrected chi connectivity index (χ2v) is 7.27. The number of imide groups is 1. The molecule has 0 saturated carbocycles. The summed E-state index contributed by atoms with van der Waals surface area (Å²) in [5.74, 6) is 0.594. The van der Waals surface area contributed by atoms with Crippen LogP contribution in [0.5, 0.6) is 0 Å². The van der Waals surface area contributed by atoms with Crippen LogP contribution in [0.4, 0.5) is 0 Å². The first kappa shape index (κ1) is 24.1. The van der Waals surface area contributed by atoms with E-state index in [0.29, 0.717) is 32.4 Å². The molecule has 1 aliphatic rings. The van der Waals surface area contributed by atoms with Gasteiger partial charge in [-0.05, 0) is 18.3 Å². The molecule has 0 spiro atoms. The van der Waals surface area contributed by atoms with Crippen molar-refractivity contribution in [3.8, 4) is 0 Å². The van der Waals surface area contributed by atoms with Gasteiger partial charge >= 0.3 is 0 Å². The van der Waals surface area contributed by atoms with E-state index in [4.69, 9.17) is 0 Å². The number of likely N-dealkylation sites (tertiary alicyclic amines) is 1. The average Bonchev–Trinajstić information content (AvgIpc) is 2.53. The normalized spacial score (nSPS) is 15.8. The van der Waals surface area contributed by atoms with Crippen LogP contribution in [0, 0.1) is 5.41 Å². The fraction of sp³-hybridized carbons (Fsp3) is 0.833. The molecule has 6 nitrogen and oxygen atoms in total. The van der Waals surface area contributed by atoms with E-state index in [1.807, 2.05) is 0 Å². The maximum absolute atomic E-state index is 11.8. The van der Waals surface area contributed by atoms with Crippen molar-refractivity contribution in [1.82, 2.24) is 15.5 Å². The van der Waals surface area contributed by atoms with Crippen molar-refractivity contribution < 1.29 is 9.59 Å². The Hall–Kier alpha value is -0.860. The van der Waals surface area contributed by atoms with Crippen LogP contribution in [0.15, 0.2) is 4.99 Å². The lowest BCUT2D eigenvalue weighted by Gasteiger charge is -2.27. The highest BCUT2D eigenvalue weighted by Crippen LogP contribution is 2.22. The van der Waals surface area contributed by atoms with Gasteiger partial charge in [0.2, 0.25) is 11.8 Å². The fourth-order valence-electron chi connectivity index (χ4n) is 2.82. The molecule has 1 heterocycles. The summed E-state index contributed by atoms with van der Waals surface area (Å²) < 4.78 is 0. The third-order valence-electron chi connectivity index (χ3n) is 4.43. The summed E-state index contributed by atoms with van der Waals surface area (Å²) in [6.45, 7) is 8.50. The summed E-state index contributed by atoms with van der Waals surface area (Å²) in [4.78, 5) is 29.1. The highest BCUT2D eigenvalue weighted by molar-refractivity contribution is 14.0. The summed E-state index contributed by atoms with van der Waals surface area (Å²) in [5, 5.41) is 6.54. The molecule has 0 unspecified atom stereocenters. The molecular weight excluding hydrogens is 431 g/mol. The van der Waals surface area contributed by atoms with Crippen LogP contribution >= 0.6 is 24.0 Å². The molecule has 0 aliphatic carbocycles. The van der Waals surface area contributed by atoms with Crippen molar-refractivity contribution in [3.63, 3.8) is 0 Å². The van der Waals surface area contributed by atoms with Crippen LogP contribution < -0.4 is 10.6 Å². The van der Waals surface area contributed by atoms with Gasteiger partial charge in [0.15, 0.2) is 5.96 Å². The van der Waals surface area contributed by atoms with Gasteiger partial charge in [-0.15, -0.1) is 24.0 Å². The number of piperidine rings is 1. The van der Waals surface area contributed by atoms with Gasteiger partial charge in [0.05, 0.1) is 0 Å². The van der Waals surface area contributed by atoms with Crippen LogP contribution in [0.2, 0.25) is 0 Å². The Labute approximate surface area is 169 Å². The van der Waals surface area contributed by atoms with Crippen LogP contribution in [-0.2, 0) is 9.59 Å². The molecule has 0 aromatic rings. The quantitative estimate of drug-likeness (QED) is 0.180. The van der Waals surface area contributed by atoms with E-state index in [1.54, 1.807) is 7.05 Å². The average molecular weight is 466 g/mol. The zero-order chi connectivity index (χ0) is 18.0. The first-order valence-electron chi connectivity index (χ1n) is 9.17. The lowest BCUT2D eigenvalue weighted by atomic mass is 9.87. The maximum Gasteiger partial charge on any atom is 0.229 e. The number of amides is 2. The van der Waals surface area contributed by atoms with E-state index in [0.717, 1.165) is 12.5 Å². The third-order valence-corrected chi connectivity index (χ3v) is 4.43. The molecule has 1 fully saturated rings. The molecule has 7 heteroatoms. The smallest absolute Gasteiger partial charge is 0.229 e. The number of hydrogen-bond donors (Lipinski definition) is 2. The summed E-state index contributed by atoms with van der Waals surface area (Å²) in [6, 6.07) is 0. The van der Waals surface area contributed by atoms with Gasteiger partial charge < -0.3 is 10.6 Å². The molecule has 25 heavy (non-hydrogen) atoms. The number of carbonyl (C=O) groups excluding carboxylic acids is 2. The lowest BCUT2D eigenvalue weighted by molar-refractivity contribution is -0.147. The van der Waals surface area contributed by atoms with Gasteiger partial charge in [-0.25, -0.2) is 0 Å². The summed E-state index contributed by atoms with van der Waals surface area (Å²) in [7, 11) is 1.73. The molecule has 1 saturated heterocycles. The van der Waals surface area contributed by atoms with Gasteiger partial charge in [0.25, 0.3) is 0 Å². The number of nitrogens with zero attached hydrogens (tertiary/aromatic N) is 2. The standard InChI is InChI=1S/C18H34N4O2.HI/c1-5-6-7-11-18(2,3)14-21-17(19-4)20-12-13-22-15(23)9-8-10-16(22)24;/h5-14H2,1-4H3,(H2,19,20,21);1H.